The molecule has 0 aliphatic carbocycles. The van der Waals surface area contributed by atoms with Crippen LogP contribution in [-0.2, 0) is 9.59 Å². The molecule has 1 aromatic carbocycles. The predicted octanol–water partition coefficient (Wildman–Crippen LogP) is 2.07. The number of hydrogen-bond donors (Lipinski definition) is 3. The van der Waals surface area contributed by atoms with Crippen molar-refractivity contribution in [3.05, 3.63) is 28.8 Å². The molecule has 122 valence electrons. The second-order valence-corrected chi connectivity index (χ2v) is 5.89. The standard InChI is InChI=1S/C17H26N2O3/c1-6-11(3)14(20)9-18-16(21)17(22)19-15-12(4)7-10(2)8-13(15)5/h7-8,11,14,20H,6,9H2,1-5H3,(H,18,21)(H,19,22). The van der Waals surface area contributed by atoms with Gasteiger partial charge in [0.05, 0.1) is 6.10 Å². The van der Waals surface area contributed by atoms with Crippen LogP contribution in [0.1, 0.15) is 37.0 Å². The van der Waals surface area contributed by atoms with Crippen LogP contribution in [-0.4, -0.2) is 29.6 Å². The number of amides is 2. The largest absolute Gasteiger partial charge is 0.391 e. The molecule has 0 spiro atoms. The minimum Gasteiger partial charge on any atom is -0.391 e. The normalized spacial score (nSPS) is 13.4. The summed E-state index contributed by atoms with van der Waals surface area (Å²) in [5.74, 6) is -1.38. The van der Waals surface area contributed by atoms with Gasteiger partial charge in [-0.2, -0.15) is 0 Å². The van der Waals surface area contributed by atoms with Crippen molar-refractivity contribution in [3.8, 4) is 0 Å². The maximum atomic E-state index is 11.9. The highest BCUT2D eigenvalue weighted by Crippen LogP contribution is 2.21. The Morgan fingerprint density at radius 1 is 1.14 bits per heavy atom. The fraction of sp³-hybridized carbons (Fsp3) is 0.529. The number of aliphatic hydroxyl groups excluding tert-OH is 1. The van der Waals surface area contributed by atoms with Gasteiger partial charge in [0.25, 0.3) is 0 Å². The molecule has 0 radical (unpaired) electrons. The summed E-state index contributed by atoms with van der Waals surface area (Å²) in [6.45, 7) is 9.70. The molecule has 5 nitrogen and oxygen atoms in total. The number of rotatable bonds is 5. The van der Waals surface area contributed by atoms with Crippen molar-refractivity contribution in [1.29, 1.82) is 0 Å². The van der Waals surface area contributed by atoms with Gasteiger partial charge in [0, 0.05) is 12.2 Å². The first-order valence-electron chi connectivity index (χ1n) is 7.61. The molecule has 0 fully saturated rings. The molecular formula is C17H26N2O3. The van der Waals surface area contributed by atoms with E-state index in [0.717, 1.165) is 23.1 Å². The highest BCUT2D eigenvalue weighted by Gasteiger charge is 2.18. The molecule has 22 heavy (non-hydrogen) atoms. The zero-order valence-corrected chi connectivity index (χ0v) is 14.0. The number of aliphatic hydroxyl groups is 1. The number of nitrogens with one attached hydrogen (secondary N) is 2. The van der Waals surface area contributed by atoms with Gasteiger partial charge in [0.2, 0.25) is 0 Å². The van der Waals surface area contributed by atoms with Crippen LogP contribution in [0.4, 0.5) is 5.69 Å². The fourth-order valence-corrected chi connectivity index (χ4v) is 2.30. The minimum atomic E-state index is -0.735. The van der Waals surface area contributed by atoms with E-state index in [1.807, 2.05) is 46.8 Å². The quantitative estimate of drug-likeness (QED) is 0.729. The average molecular weight is 306 g/mol. The van der Waals surface area contributed by atoms with Crippen LogP contribution in [0.15, 0.2) is 12.1 Å². The maximum Gasteiger partial charge on any atom is 0.313 e. The monoisotopic (exact) mass is 306 g/mol. The first-order chi connectivity index (χ1) is 10.3. The molecule has 2 atom stereocenters. The molecule has 0 bridgehead atoms. The second kappa shape index (κ2) is 7.94. The third-order valence-corrected chi connectivity index (χ3v) is 3.89. The van der Waals surface area contributed by atoms with Crippen LogP contribution in [0.5, 0.6) is 0 Å². The average Bonchev–Trinajstić information content (AvgIpc) is 2.46. The first kappa shape index (κ1) is 18.2. The molecule has 0 aromatic heterocycles. The van der Waals surface area contributed by atoms with E-state index in [4.69, 9.17) is 0 Å². The molecule has 0 saturated heterocycles. The van der Waals surface area contributed by atoms with Crippen molar-refractivity contribution in [2.75, 3.05) is 11.9 Å². The minimum absolute atomic E-state index is 0.0740. The molecule has 0 aliphatic heterocycles. The number of carbonyl (C=O) groups excluding carboxylic acids is 2. The van der Waals surface area contributed by atoms with Crippen LogP contribution in [0.25, 0.3) is 0 Å². The summed E-state index contributed by atoms with van der Waals surface area (Å²) >= 11 is 0. The van der Waals surface area contributed by atoms with E-state index >= 15 is 0 Å². The predicted molar refractivity (Wildman–Crippen MR) is 87.8 cm³/mol. The Balaban J connectivity index is 2.64. The number of anilines is 1. The fourth-order valence-electron chi connectivity index (χ4n) is 2.30. The molecule has 0 saturated carbocycles. The van der Waals surface area contributed by atoms with Crippen molar-refractivity contribution in [2.24, 2.45) is 5.92 Å². The lowest BCUT2D eigenvalue weighted by Gasteiger charge is -2.17. The zero-order chi connectivity index (χ0) is 16.9. The van der Waals surface area contributed by atoms with Gasteiger partial charge < -0.3 is 15.7 Å². The summed E-state index contributed by atoms with van der Waals surface area (Å²) in [6.07, 6.45) is 0.162. The number of hydrogen-bond acceptors (Lipinski definition) is 3. The lowest BCUT2D eigenvalue weighted by molar-refractivity contribution is -0.136. The highest BCUT2D eigenvalue weighted by molar-refractivity contribution is 6.39. The first-order valence-corrected chi connectivity index (χ1v) is 7.61. The van der Waals surface area contributed by atoms with Gasteiger partial charge in [-0.25, -0.2) is 0 Å². The topological polar surface area (TPSA) is 78.4 Å². The van der Waals surface area contributed by atoms with E-state index in [1.165, 1.54) is 0 Å². The molecule has 1 rings (SSSR count). The van der Waals surface area contributed by atoms with Crippen LogP contribution in [0.3, 0.4) is 0 Å². The Hall–Kier alpha value is -1.88. The number of carbonyl (C=O) groups is 2. The summed E-state index contributed by atoms with van der Waals surface area (Å²) in [6, 6.07) is 3.90. The van der Waals surface area contributed by atoms with Gasteiger partial charge in [0.1, 0.15) is 0 Å². The Morgan fingerprint density at radius 3 is 2.18 bits per heavy atom. The van der Waals surface area contributed by atoms with Gasteiger partial charge in [-0.1, -0.05) is 38.0 Å². The Bertz CT molecular complexity index is 532. The van der Waals surface area contributed by atoms with Gasteiger partial charge in [-0.3, -0.25) is 9.59 Å². The van der Waals surface area contributed by atoms with E-state index in [0.29, 0.717) is 5.69 Å². The third-order valence-electron chi connectivity index (χ3n) is 3.89. The lowest BCUT2D eigenvalue weighted by Crippen LogP contribution is -2.41. The van der Waals surface area contributed by atoms with Crippen molar-refractivity contribution >= 4 is 17.5 Å². The van der Waals surface area contributed by atoms with E-state index in [-0.39, 0.29) is 12.5 Å². The molecule has 0 aliphatic rings. The van der Waals surface area contributed by atoms with E-state index in [1.54, 1.807) is 0 Å². The molecular weight excluding hydrogens is 280 g/mol. The van der Waals surface area contributed by atoms with Gasteiger partial charge in [-0.15, -0.1) is 0 Å². The summed E-state index contributed by atoms with van der Waals surface area (Å²) in [4.78, 5) is 23.8. The van der Waals surface area contributed by atoms with Crippen LogP contribution in [0, 0.1) is 26.7 Å². The Kier molecular flexibility index (Phi) is 6.56. The lowest BCUT2D eigenvalue weighted by atomic mass is 10.0. The molecule has 0 heterocycles. The smallest absolute Gasteiger partial charge is 0.313 e. The Labute approximate surface area is 132 Å². The van der Waals surface area contributed by atoms with Crippen molar-refractivity contribution in [2.45, 2.75) is 47.1 Å². The zero-order valence-electron chi connectivity index (χ0n) is 14.0. The van der Waals surface area contributed by atoms with Crippen LogP contribution in [0.2, 0.25) is 0 Å². The molecule has 5 heteroatoms. The van der Waals surface area contributed by atoms with Gasteiger partial charge in [-0.05, 0) is 37.8 Å². The maximum absolute atomic E-state index is 11.9. The summed E-state index contributed by atoms with van der Waals surface area (Å²) in [5.41, 5.74) is 3.60. The molecule has 3 N–H and O–H groups in total. The highest BCUT2D eigenvalue weighted by atomic mass is 16.3. The van der Waals surface area contributed by atoms with Crippen LogP contribution >= 0.6 is 0 Å². The van der Waals surface area contributed by atoms with Crippen LogP contribution < -0.4 is 10.6 Å². The number of benzene rings is 1. The molecule has 2 unspecified atom stereocenters. The third kappa shape index (κ3) is 4.84. The van der Waals surface area contributed by atoms with E-state index in [9.17, 15) is 14.7 Å². The summed E-state index contributed by atoms with van der Waals surface area (Å²) in [5, 5.41) is 14.9. The van der Waals surface area contributed by atoms with E-state index in [2.05, 4.69) is 10.6 Å². The second-order valence-electron chi connectivity index (χ2n) is 5.89. The van der Waals surface area contributed by atoms with Crippen molar-refractivity contribution < 1.29 is 14.7 Å². The Morgan fingerprint density at radius 2 is 1.68 bits per heavy atom. The van der Waals surface area contributed by atoms with Crippen molar-refractivity contribution in [3.63, 3.8) is 0 Å². The number of aryl methyl sites for hydroxylation is 3. The summed E-state index contributed by atoms with van der Waals surface area (Å²) in [7, 11) is 0. The van der Waals surface area contributed by atoms with Crippen molar-refractivity contribution in [1.82, 2.24) is 5.32 Å². The van der Waals surface area contributed by atoms with Gasteiger partial charge in [0.15, 0.2) is 0 Å². The summed E-state index contributed by atoms with van der Waals surface area (Å²) < 4.78 is 0. The van der Waals surface area contributed by atoms with E-state index < -0.39 is 17.9 Å². The van der Waals surface area contributed by atoms with Gasteiger partial charge >= 0.3 is 11.8 Å². The SMILES string of the molecule is CCC(C)C(O)CNC(=O)C(=O)Nc1c(C)cc(C)cc1C. The molecule has 2 amide bonds. The molecule has 1 aromatic rings.